The number of pyridine rings is 1. The van der Waals surface area contributed by atoms with Crippen LogP contribution in [0, 0.1) is 0 Å². The predicted octanol–water partition coefficient (Wildman–Crippen LogP) is 3.14. The van der Waals surface area contributed by atoms with Gasteiger partial charge in [-0.15, -0.1) is 11.3 Å². The van der Waals surface area contributed by atoms with Gasteiger partial charge in [0.2, 0.25) is 0 Å². The summed E-state index contributed by atoms with van der Waals surface area (Å²) in [6.45, 7) is 0. The van der Waals surface area contributed by atoms with E-state index in [4.69, 9.17) is 0 Å². The molecule has 96 valence electrons. The average molecular weight is 279 g/mol. The van der Waals surface area contributed by atoms with Crippen molar-refractivity contribution in [1.29, 1.82) is 0 Å². The Balaban J connectivity index is 1.84. The molecule has 0 saturated heterocycles. The lowest BCUT2D eigenvalue weighted by Crippen LogP contribution is -1.87. The highest BCUT2D eigenvalue weighted by molar-refractivity contribution is 7.13. The Bertz CT molecular complexity index is 833. The van der Waals surface area contributed by atoms with Crippen molar-refractivity contribution in [2.75, 3.05) is 0 Å². The second kappa shape index (κ2) is 4.50. The number of H-pyrrole nitrogens is 1. The van der Waals surface area contributed by atoms with Gasteiger partial charge in [-0.2, -0.15) is 0 Å². The molecular formula is C14H9N5S. The first kappa shape index (κ1) is 11.2. The smallest absolute Gasteiger partial charge is 0.181 e. The topological polar surface area (TPSA) is 67.3 Å². The average Bonchev–Trinajstić information content (AvgIpc) is 3.16. The van der Waals surface area contributed by atoms with Crippen LogP contribution in [0.4, 0.5) is 0 Å². The Labute approximate surface area is 118 Å². The molecule has 0 aliphatic rings. The predicted molar refractivity (Wildman–Crippen MR) is 78.2 cm³/mol. The van der Waals surface area contributed by atoms with Crippen LogP contribution in [0.3, 0.4) is 0 Å². The molecule has 6 heteroatoms. The summed E-state index contributed by atoms with van der Waals surface area (Å²) in [6.07, 6.45) is 3.20. The van der Waals surface area contributed by atoms with Crippen molar-refractivity contribution in [3.63, 3.8) is 0 Å². The maximum absolute atomic E-state index is 4.65. The standard InChI is InChI=1S/C14H9N5S/c1-3-9(12-5-2-6-20-12)17-10(4-1)14-18-11-7-15-8-16-13(11)19-14/h1-8H,(H,15,16,18,19). The van der Waals surface area contributed by atoms with Crippen LogP contribution in [0.25, 0.3) is 33.3 Å². The highest BCUT2D eigenvalue weighted by Crippen LogP contribution is 2.25. The number of hydrogen-bond donors (Lipinski definition) is 1. The Morgan fingerprint density at radius 3 is 2.80 bits per heavy atom. The minimum atomic E-state index is 0.651. The molecule has 20 heavy (non-hydrogen) atoms. The van der Waals surface area contributed by atoms with Gasteiger partial charge in [-0.1, -0.05) is 12.1 Å². The molecule has 0 bridgehead atoms. The quantitative estimate of drug-likeness (QED) is 0.612. The molecule has 0 radical (unpaired) electrons. The largest absolute Gasteiger partial charge is 0.334 e. The molecule has 4 heterocycles. The summed E-state index contributed by atoms with van der Waals surface area (Å²) in [4.78, 5) is 21.5. The van der Waals surface area contributed by atoms with E-state index in [1.165, 1.54) is 6.33 Å². The number of aromatic amines is 1. The van der Waals surface area contributed by atoms with Gasteiger partial charge in [0.15, 0.2) is 11.5 Å². The number of imidazole rings is 1. The van der Waals surface area contributed by atoms with E-state index < -0.39 is 0 Å². The molecule has 0 saturated carbocycles. The number of thiophene rings is 1. The molecule has 0 aliphatic heterocycles. The van der Waals surface area contributed by atoms with Crippen LogP contribution in [0.2, 0.25) is 0 Å². The fourth-order valence-electron chi connectivity index (χ4n) is 2.01. The Morgan fingerprint density at radius 1 is 1.00 bits per heavy atom. The summed E-state index contributed by atoms with van der Waals surface area (Å²) in [7, 11) is 0. The zero-order valence-corrected chi connectivity index (χ0v) is 11.1. The minimum absolute atomic E-state index is 0.651. The highest BCUT2D eigenvalue weighted by Gasteiger charge is 2.09. The van der Waals surface area contributed by atoms with Crippen LogP contribution in [0.15, 0.2) is 48.2 Å². The molecule has 4 aromatic rings. The highest BCUT2D eigenvalue weighted by atomic mass is 32.1. The molecule has 1 N–H and O–H groups in total. The molecule has 0 aliphatic carbocycles. The maximum Gasteiger partial charge on any atom is 0.181 e. The summed E-state index contributed by atoms with van der Waals surface area (Å²) >= 11 is 1.67. The van der Waals surface area contributed by atoms with Crippen LogP contribution in [0.1, 0.15) is 0 Å². The van der Waals surface area contributed by atoms with Gasteiger partial charge >= 0.3 is 0 Å². The molecule has 0 fully saturated rings. The van der Waals surface area contributed by atoms with Crippen LogP contribution in [-0.2, 0) is 0 Å². The van der Waals surface area contributed by atoms with Crippen molar-refractivity contribution in [1.82, 2.24) is 24.9 Å². The van der Waals surface area contributed by atoms with Gasteiger partial charge in [-0.3, -0.25) is 0 Å². The van der Waals surface area contributed by atoms with Crippen molar-refractivity contribution in [2.24, 2.45) is 0 Å². The zero-order chi connectivity index (χ0) is 13.4. The second-order valence-electron chi connectivity index (χ2n) is 4.23. The molecule has 0 spiro atoms. The summed E-state index contributed by atoms with van der Waals surface area (Å²) < 4.78 is 0. The minimum Gasteiger partial charge on any atom is -0.334 e. The molecule has 0 atom stereocenters. The van der Waals surface area contributed by atoms with E-state index in [0.717, 1.165) is 21.8 Å². The Morgan fingerprint density at radius 2 is 1.95 bits per heavy atom. The molecular weight excluding hydrogens is 270 g/mol. The lowest BCUT2D eigenvalue weighted by molar-refractivity contribution is 1.20. The van der Waals surface area contributed by atoms with Gasteiger partial charge in [-0.05, 0) is 23.6 Å². The van der Waals surface area contributed by atoms with Crippen LogP contribution in [0.5, 0.6) is 0 Å². The van der Waals surface area contributed by atoms with E-state index in [-0.39, 0.29) is 0 Å². The monoisotopic (exact) mass is 279 g/mol. The van der Waals surface area contributed by atoms with Gasteiger partial charge in [0.05, 0.1) is 16.8 Å². The zero-order valence-electron chi connectivity index (χ0n) is 10.3. The van der Waals surface area contributed by atoms with Gasteiger partial charge < -0.3 is 4.98 Å². The normalized spacial score (nSPS) is 11.0. The second-order valence-corrected chi connectivity index (χ2v) is 5.18. The van der Waals surface area contributed by atoms with Crippen molar-refractivity contribution in [3.05, 3.63) is 48.2 Å². The molecule has 4 rings (SSSR count). The fraction of sp³-hybridized carbons (Fsp3) is 0. The van der Waals surface area contributed by atoms with E-state index >= 15 is 0 Å². The van der Waals surface area contributed by atoms with Crippen molar-refractivity contribution < 1.29 is 0 Å². The number of hydrogen-bond acceptors (Lipinski definition) is 5. The first-order valence-corrected chi connectivity index (χ1v) is 6.95. The summed E-state index contributed by atoms with van der Waals surface area (Å²) in [5, 5.41) is 2.04. The van der Waals surface area contributed by atoms with Gasteiger partial charge in [-0.25, -0.2) is 19.9 Å². The van der Waals surface area contributed by atoms with E-state index in [2.05, 4.69) is 31.0 Å². The van der Waals surface area contributed by atoms with Crippen molar-refractivity contribution in [3.8, 4) is 22.1 Å². The van der Waals surface area contributed by atoms with E-state index in [1.807, 2.05) is 29.6 Å². The lowest BCUT2D eigenvalue weighted by Gasteiger charge is -1.99. The van der Waals surface area contributed by atoms with Crippen molar-refractivity contribution >= 4 is 22.5 Å². The van der Waals surface area contributed by atoms with Gasteiger partial charge in [0.25, 0.3) is 0 Å². The number of rotatable bonds is 2. The van der Waals surface area contributed by atoms with E-state index in [0.29, 0.717) is 11.5 Å². The molecule has 0 amide bonds. The fourth-order valence-corrected chi connectivity index (χ4v) is 2.71. The van der Waals surface area contributed by atoms with Gasteiger partial charge in [0.1, 0.15) is 17.5 Å². The van der Waals surface area contributed by atoms with E-state index in [1.54, 1.807) is 17.5 Å². The Hall–Kier alpha value is -2.60. The maximum atomic E-state index is 4.65. The first-order chi connectivity index (χ1) is 9.90. The third-order valence-corrected chi connectivity index (χ3v) is 3.82. The van der Waals surface area contributed by atoms with Crippen LogP contribution in [-0.4, -0.2) is 24.9 Å². The lowest BCUT2D eigenvalue weighted by atomic mass is 10.2. The number of nitrogens with zero attached hydrogens (tertiary/aromatic N) is 4. The summed E-state index contributed by atoms with van der Waals surface area (Å²) in [6, 6.07) is 9.99. The Kier molecular flexibility index (Phi) is 2.53. The summed E-state index contributed by atoms with van der Waals surface area (Å²) in [5.74, 6) is 0.707. The number of fused-ring (bicyclic) bond motifs is 1. The third kappa shape index (κ3) is 1.86. The SMILES string of the molecule is c1cc(-c2nc3ncncc3[nH]2)nc(-c2cccs2)c1. The molecule has 4 aromatic heterocycles. The molecule has 5 nitrogen and oxygen atoms in total. The number of nitrogens with one attached hydrogen (secondary N) is 1. The molecule has 0 unspecified atom stereocenters. The first-order valence-electron chi connectivity index (χ1n) is 6.07. The molecule has 0 aromatic carbocycles. The number of aromatic nitrogens is 5. The van der Waals surface area contributed by atoms with Crippen molar-refractivity contribution in [2.45, 2.75) is 0 Å². The van der Waals surface area contributed by atoms with E-state index in [9.17, 15) is 0 Å². The van der Waals surface area contributed by atoms with Crippen LogP contribution < -0.4 is 0 Å². The third-order valence-electron chi connectivity index (χ3n) is 2.93. The van der Waals surface area contributed by atoms with Gasteiger partial charge in [0, 0.05) is 0 Å². The van der Waals surface area contributed by atoms with Crippen LogP contribution >= 0.6 is 11.3 Å². The summed E-state index contributed by atoms with van der Waals surface area (Å²) in [5.41, 5.74) is 3.21.